The van der Waals surface area contributed by atoms with E-state index < -0.39 is 4.92 Å². The van der Waals surface area contributed by atoms with Crippen LogP contribution in [0.1, 0.15) is 33.8 Å². The van der Waals surface area contributed by atoms with Crippen molar-refractivity contribution >= 4 is 61.5 Å². The molecule has 2 unspecified atom stereocenters. The monoisotopic (exact) mass is 506 g/mol. The van der Waals surface area contributed by atoms with E-state index in [0.717, 1.165) is 15.8 Å². The van der Waals surface area contributed by atoms with Gasteiger partial charge in [-0.2, -0.15) is 0 Å². The Morgan fingerprint density at radius 2 is 1.89 bits per heavy atom. The van der Waals surface area contributed by atoms with Gasteiger partial charge in [0.15, 0.2) is 5.13 Å². The van der Waals surface area contributed by atoms with Crippen LogP contribution in [0.2, 0.25) is 5.02 Å². The second-order valence-corrected chi connectivity index (χ2v) is 9.81. The van der Waals surface area contributed by atoms with Crippen LogP contribution in [0.5, 0.6) is 0 Å². The van der Waals surface area contributed by atoms with Gasteiger partial charge < -0.3 is 10.6 Å². The topological polar surface area (TPSA) is 114 Å². The molecule has 10 heteroatoms. The molecular formula is C25H19ClN4O4S. The van der Waals surface area contributed by atoms with Crippen molar-refractivity contribution in [3.05, 3.63) is 92.5 Å². The molecule has 1 aliphatic rings. The Morgan fingerprint density at radius 3 is 2.60 bits per heavy atom. The van der Waals surface area contributed by atoms with E-state index in [4.69, 9.17) is 11.6 Å². The summed E-state index contributed by atoms with van der Waals surface area (Å²) >= 11 is 7.51. The fourth-order valence-electron chi connectivity index (χ4n) is 3.99. The van der Waals surface area contributed by atoms with Crippen molar-refractivity contribution in [2.24, 2.45) is 5.92 Å². The summed E-state index contributed by atoms with van der Waals surface area (Å²) in [5.74, 6) is -0.594. The molecule has 0 radical (unpaired) electrons. The molecule has 5 rings (SSSR count). The summed E-state index contributed by atoms with van der Waals surface area (Å²) in [5, 5.41) is 17.5. The largest absolute Gasteiger partial charge is 0.320 e. The number of benzene rings is 3. The molecule has 1 fully saturated rings. The van der Waals surface area contributed by atoms with Gasteiger partial charge in [0.25, 0.3) is 11.6 Å². The predicted octanol–water partition coefficient (Wildman–Crippen LogP) is 6.16. The number of nitrogens with one attached hydrogen (secondary N) is 2. The highest BCUT2D eigenvalue weighted by molar-refractivity contribution is 7.22. The predicted molar refractivity (Wildman–Crippen MR) is 136 cm³/mol. The maximum Gasteiger partial charge on any atom is 0.269 e. The summed E-state index contributed by atoms with van der Waals surface area (Å²) in [6.45, 7) is 1.87. The number of halogens is 1. The minimum Gasteiger partial charge on any atom is -0.320 e. The summed E-state index contributed by atoms with van der Waals surface area (Å²) in [6.07, 6.45) is 0.681. The Labute approximate surface area is 209 Å². The first-order valence-corrected chi connectivity index (χ1v) is 12.0. The molecule has 2 amide bonds. The van der Waals surface area contributed by atoms with Crippen molar-refractivity contribution in [3.63, 3.8) is 0 Å². The number of rotatable bonds is 6. The number of carbonyl (C=O) groups is 2. The van der Waals surface area contributed by atoms with Crippen LogP contribution in [-0.4, -0.2) is 21.7 Å². The number of para-hydroxylation sites is 1. The Balaban J connectivity index is 1.26. The normalized spacial score (nSPS) is 16.6. The van der Waals surface area contributed by atoms with Gasteiger partial charge in [0, 0.05) is 23.6 Å². The molecule has 2 atom stereocenters. The van der Waals surface area contributed by atoms with Crippen LogP contribution < -0.4 is 10.6 Å². The number of nitro benzene ring substituents is 1. The lowest BCUT2D eigenvalue weighted by molar-refractivity contribution is -0.384. The molecule has 35 heavy (non-hydrogen) atoms. The SMILES string of the molecule is Cc1cccc(Cl)c1NC(=O)c1ccc2nc(NC(=O)C3CC3c3ccc([N+](=O)[O-])cc3)sc2c1. The Kier molecular flexibility index (Phi) is 5.96. The van der Waals surface area contributed by atoms with Crippen molar-refractivity contribution in [1.29, 1.82) is 0 Å². The second-order valence-electron chi connectivity index (χ2n) is 8.37. The van der Waals surface area contributed by atoms with Gasteiger partial charge in [-0.1, -0.05) is 47.2 Å². The van der Waals surface area contributed by atoms with Gasteiger partial charge in [-0.15, -0.1) is 0 Å². The minimum atomic E-state index is -0.444. The lowest BCUT2D eigenvalue weighted by Crippen LogP contribution is -2.14. The first-order valence-electron chi connectivity index (χ1n) is 10.8. The van der Waals surface area contributed by atoms with Gasteiger partial charge in [-0.3, -0.25) is 19.7 Å². The van der Waals surface area contributed by atoms with Crippen molar-refractivity contribution in [1.82, 2.24) is 4.98 Å². The van der Waals surface area contributed by atoms with E-state index in [1.807, 2.05) is 19.1 Å². The number of aromatic nitrogens is 1. The van der Waals surface area contributed by atoms with Gasteiger partial charge in [0.1, 0.15) is 0 Å². The Hall–Kier alpha value is -3.82. The highest BCUT2D eigenvalue weighted by Crippen LogP contribution is 2.48. The zero-order valence-corrected chi connectivity index (χ0v) is 20.0. The smallest absolute Gasteiger partial charge is 0.269 e. The van der Waals surface area contributed by atoms with E-state index in [2.05, 4.69) is 15.6 Å². The molecule has 176 valence electrons. The number of nitro groups is 1. The van der Waals surface area contributed by atoms with Crippen LogP contribution in [0.15, 0.2) is 60.7 Å². The molecule has 1 heterocycles. The maximum atomic E-state index is 12.8. The molecule has 1 aromatic heterocycles. The number of carbonyl (C=O) groups excluding carboxylic acids is 2. The molecule has 0 saturated heterocycles. The van der Waals surface area contributed by atoms with Gasteiger partial charge in [0.05, 0.1) is 25.8 Å². The zero-order valence-electron chi connectivity index (χ0n) is 18.4. The minimum absolute atomic E-state index is 0.0277. The van der Waals surface area contributed by atoms with Gasteiger partial charge in [0.2, 0.25) is 5.91 Å². The number of nitrogens with zero attached hydrogens (tertiary/aromatic N) is 2. The molecule has 0 aliphatic heterocycles. The Morgan fingerprint density at radius 1 is 1.11 bits per heavy atom. The number of anilines is 2. The summed E-state index contributed by atoms with van der Waals surface area (Å²) in [4.78, 5) is 40.3. The quantitative estimate of drug-likeness (QED) is 0.240. The molecular weight excluding hydrogens is 488 g/mol. The number of amides is 2. The Bertz CT molecular complexity index is 1460. The molecule has 1 saturated carbocycles. The molecule has 8 nitrogen and oxygen atoms in total. The molecule has 0 bridgehead atoms. The number of fused-ring (bicyclic) bond motifs is 1. The van der Waals surface area contributed by atoms with Crippen molar-refractivity contribution in [3.8, 4) is 0 Å². The van der Waals surface area contributed by atoms with E-state index >= 15 is 0 Å². The zero-order chi connectivity index (χ0) is 24.7. The number of aryl methyl sites for hydroxylation is 1. The fourth-order valence-corrected chi connectivity index (χ4v) is 5.17. The molecule has 3 aromatic carbocycles. The first kappa shape index (κ1) is 22.9. The van der Waals surface area contributed by atoms with Gasteiger partial charge in [-0.05, 0) is 54.7 Å². The van der Waals surface area contributed by atoms with Crippen LogP contribution in [-0.2, 0) is 4.79 Å². The van der Waals surface area contributed by atoms with E-state index in [0.29, 0.717) is 33.3 Å². The first-order chi connectivity index (χ1) is 16.8. The van der Waals surface area contributed by atoms with E-state index in [1.165, 1.54) is 23.5 Å². The van der Waals surface area contributed by atoms with Gasteiger partial charge >= 0.3 is 0 Å². The van der Waals surface area contributed by atoms with Crippen molar-refractivity contribution in [2.75, 3.05) is 10.6 Å². The van der Waals surface area contributed by atoms with E-state index in [9.17, 15) is 19.7 Å². The average molecular weight is 507 g/mol. The van der Waals surface area contributed by atoms with E-state index in [-0.39, 0.29) is 29.3 Å². The molecule has 4 aromatic rings. The summed E-state index contributed by atoms with van der Waals surface area (Å²) in [5.41, 5.74) is 3.51. The van der Waals surface area contributed by atoms with Crippen LogP contribution in [0.3, 0.4) is 0 Å². The molecule has 0 spiro atoms. The molecule has 2 N–H and O–H groups in total. The lowest BCUT2D eigenvalue weighted by Gasteiger charge is -2.10. The van der Waals surface area contributed by atoms with Gasteiger partial charge in [-0.25, -0.2) is 4.98 Å². The third-order valence-electron chi connectivity index (χ3n) is 6.00. The second kappa shape index (κ2) is 9.09. The third-order valence-corrected chi connectivity index (χ3v) is 7.25. The van der Waals surface area contributed by atoms with Crippen molar-refractivity contribution in [2.45, 2.75) is 19.3 Å². The van der Waals surface area contributed by atoms with Crippen LogP contribution in [0.25, 0.3) is 10.2 Å². The standard InChI is InChI=1S/C25H19ClN4O4S/c1-13-3-2-4-19(26)22(13)28-23(31)15-7-10-20-21(11-15)35-25(27-20)29-24(32)18-12-17(18)14-5-8-16(9-6-14)30(33)34/h2-11,17-18H,12H2,1H3,(H,28,31)(H,27,29,32). The van der Waals surface area contributed by atoms with Crippen LogP contribution in [0, 0.1) is 23.0 Å². The van der Waals surface area contributed by atoms with Crippen LogP contribution in [0.4, 0.5) is 16.5 Å². The van der Waals surface area contributed by atoms with Crippen LogP contribution >= 0.6 is 22.9 Å². The summed E-state index contributed by atoms with van der Waals surface area (Å²) in [7, 11) is 0. The number of hydrogen-bond donors (Lipinski definition) is 2. The number of non-ortho nitro benzene ring substituents is 1. The lowest BCUT2D eigenvalue weighted by atomic mass is 10.1. The maximum absolute atomic E-state index is 12.8. The summed E-state index contributed by atoms with van der Waals surface area (Å²) < 4.78 is 0.770. The fraction of sp³-hybridized carbons (Fsp3) is 0.160. The average Bonchev–Trinajstić information content (AvgIpc) is 3.54. The van der Waals surface area contributed by atoms with E-state index in [1.54, 1.807) is 36.4 Å². The highest BCUT2D eigenvalue weighted by atomic mass is 35.5. The number of hydrogen-bond acceptors (Lipinski definition) is 6. The molecule has 1 aliphatic carbocycles. The number of thiazole rings is 1. The van der Waals surface area contributed by atoms with Crippen molar-refractivity contribution < 1.29 is 14.5 Å². The highest BCUT2D eigenvalue weighted by Gasteiger charge is 2.44. The summed E-state index contributed by atoms with van der Waals surface area (Å²) in [6, 6.07) is 16.9. The third kappa shape index (κ3) is 4.73.